The first-order valence-corrected chi connectivity index (χ1v) is 10.5. The Hall–Kier alpha value is -2.99. The Bertz CT molecular complexity index is 1060. The molecule has 0 aliphatic carbocycles. The maximum absolute atomic E-state index is 13.5. The topological polar surface area (TPSA) is 53.5 Å². The van der Waals surface area contributed by atoms with Gasteiger partial charge in [0.1, 0.15) is 0 Å². The third-order valence-electron chi connectivity index (χ3n) is 5.37. The molecule has 29 heavy (non-hydrogen) atoms. The fourth-order valence-electron chi connectivity index (χ4n) is 3.67. The average molecular weight is 406 g/mol. The van der Waals surface area contributed by atoms with Crippen molar-refractivity contribution < 1.29 is 9.59 Å². The van der Waals surface area contributed by atoms with Gasteiger partial charge in [-0.05, 0) is 50.1 Å². The molecular weight excluding hydrogens is 382 g/mol. The van der Waals surface area contributed by atoms with Gasteiger partial charge in [0.25, 0.3) is 0 Å². The molecule has 1 saturated heterocycles. The summed E-state index contributed by atoms with van der Waals surface area (Å²) in [5.74, 6) is -0.515. The van der Waals surface area contributed by atoms with Gasteiger partial charge < -0.3 is 4.90 Å². The Labute approximate surface area is 174 Å². The Kier molecular flexibility index (Phi) is 5.20. The number of rotatable bonds is 4. The molecule has 1 atom stereocenters. The highest BCUT2D eigenvalue weighted by Gasteiger charge is 2.39. The minimum absolute atomic E-state index is 0.0135. The van der Waals surface area contributed by atoms with E-state index in [1.807, 2.05) is 74.7 Å². The summed E-state index contributed by atoms with van der Waals surface area (Å²) in [6.07, 6.45) is 0.208. The van der Waals surface area contributed by atoms with Crippen LogP contribution in [0.3, 0.4) is 0 Å². The number of nitrogens with zero attached hydrogens (tertiary/aromatic N) is 3. The largest absolute Gasteiger partial charge is 0.311 e. The van der Waals surface area contributed by atoms with Crippen molar-refractivity contribution in [1.29, 1.82) is 0 Å². The zero-order valence-corrected chi connectivity index (χ0v) is 17.6. The number of hydrogen-bond acceptors (Lipinski definition) is 4. The van der Waals surface area contributed by atoms with E-state index in [1.165, 1.54) is 11.3 Å². The van der Waals surface area contributed by atoms with Crippen molar-refractivity contribution in [3.05, 3.63) is 70.7 Å². The summed E-state index contributed by atoms with van der Waals surface area (Å²) in [5, 5.41) is 2.57. The molecule has 1 aliphatic rings. The number of anilines is 3. The predicted molar refractivity (Wildman–Crippen MR) is 117 cm³/mol. The number of carbonyl (C=O) groups is 2. The van der Waals surface area contributed by atoms with Gasteiger partial charge in [-0.15, -0.1) is 11.3 Å². The van der Waals surface area contributed by atoms with E-state index in [9.17, 15) is 9.59 Å². The number of benzene rings is 2. The quantitative estimate of drug-likeness (QED) is 0.627. The lowest BCUT2D eigenvalue weighted by atomic mass is 10.1. The Morgan fingerprint density at radius 2 is 1.86 bits per heavy atom. The molecule has 1 aliphatic heterocycles. The normalized spacial score (nSPS) is 16.3. The summed E-state index contributed by atoms with van der Waals surface area (Å²) in [7, 11) is 0. The second kappa shape index (κ2) is 7.79. The van der Waals surface area contributed by atoms with Crippen LogP contribution in [0.2, 0.25) is 0 Å². The van der Waals surface area contributed by atoms with E-state index in [4.69, 9.17) is 0 Å². The molecule has 1 unspecified atom stereocenters. The Morgan fingerprint density at radius 1 is 1.10 bits per heavy atom. The van der Waals surface area contributed by atoms with Crippen LogP contribution in [0.4, 0.5) is 16.5 Å². The Morgan fingerprint density at radius 3 is 2.55 bits per heavy atom. The standard InChI is InChI=1S/C23H23N3O2S/c1-15-8-7-11-20(17(15)3)25-13-18(12-21(25)27)22(28)26(19-9-5-4-6-10-19)23-24-16(2)14-29-23/h4-11,14,18H,12-13H2,1-3H3. The molecule has 4 rings (SSSR count). The second-order valence-electron chi connectivity index (χ2n) is 7.41. The molecule has 5 nitrogen and oxygen atoms in total. The van der Waals surface area contributed by atoms with E-state index < -0.39 is 5.92 Å². The summed E-state index contributed by atoms with van der Waals surface area (Å²) in [6.45, 7) is 6.34. The van der Waals surface area contributed by atoms with Crippen LogP contribution in [-0.4, -0.2) is 23.3 Å². The minimum atomic E-state index is -0.410. The lowest BCUT2D eigenvalue weighted by Gasteiger charge is -2.24. The average Bonchev–Trinajstić information content (AvgIpc) is 3.31. The van der Waals surface area contributed by atoms with Crippen molar-refractivity contribution in [3.8, 4) is 0 Å². The first-order chi connectivity index (χ1) is 14.0. The first kappa shape index (κ1) is 19.3. The number of para-hydroxylation sites is 1. The second-order valence-corrected chi connectivity index (χ2v) is 8.24. The lowest BCUT2D eigenvalue weighted by Crippen LogP contribution is -2.34. The highest BCUT2D eigenvalue weighted by atomic mass is 32.1. The fraction of sp³-hybridized carbons (Fsp3) is 0.261. The summed E-state index contributed by atoms with van der Waals surface area (Å²) >= 11 is 1.44. The van der Waals surface area contributed by atoms with E-state index in [2.05, 4.69) is 4.98 Å². The molecule has 2 aromatic carbocycles. The van der Waals surface area contributed by atoms with Gasteiger partial charge in [-0.25, -0.2) is 4.98 Å². The van der Waals surface area contributed by atoms with E-state index in [0.717, 1.165) is 28.2 Å². The monoisotopic (exact) mass is 405 g/mol. The number of hydrogen-bond donors (Lipinski definition) is 0. The van der Waals surface area contributed by atoms with Crippen LogP contribution in [0.5, 0.6) is 0 Å². The third-order valence-corrected chi connectivity index (χ3v) is 6.32. The number of carbonyl (C=O) groups excluding carboxylic acids is 2. The summed E-state index contributed by atoms with van der Waals surface area (Å²) in [4.78, 5) is 34.3. The molecule has 3 aromatic rings. The molecular formula is C23H23N3O2S. The number of thiazole rings is 1. The predicted octanol–water partition coefficient (Wildman–Crippen LogP) is 4.79. The van der Waals surface area contributed by atoms with Crippen LogP contribution in [0, 0.1) is 26.7 Å². The number of amides is 2. The van der Waals surface area contributed by atoms with Crippen LogP contribution in [0.15, 0.2) is 53.9 Å². The molecule has 1 fully saturated rings. The van der Waals surface area contributed by atoms with Gasteiger partial charge in [-0.2, -0.15) is 0 Å². The lowest BCUT2D eigenvalue weighted by molar-refractivity contribution is -0.123. The molecule has 0 N–H and O–H groups in total. The molecule has 0 spiro atoms. The first-order valence-electron chi connectivity index (χ1n) is 9.63. The minimum Gasteiger partial charge on any atom is -0.311 e. The van der Waals surface area contributed by atoms with Crippen molar-refractivity contribution >= 4 is 39.7 Å². The summed E-state index contributed by atoms with van der Waals surface area (Å²) in [5.41, 5.74) is 4.74. The van der Waals surface area contributed by atoms with E-state index in [1.54, 1.807) is 9.80 Å². The zero-order chi connectivity index (χ0) is 20.5. The van der Waals surface area contributed by atoms with Crippen molar-refractivity contribution in [2.24, 2.45) is 5.92 Å². The zero-order valence-electron chi connectivity index (χ0n) is 16.8. The molecule has 0 bridgehead atoms. The SMILES string of the molecule is Cc1csc(N(C(=O)C2CC(=O)N(c3cccc(C)c3C)C2)c2ccccc2)n1. The van der Waals surface area contributed by atoms with E-state index in [-0.39, 0.29) is 18.2 Å². The van der Waals surface area contributed by atoms with E-state index in [0.29, 0.717) is 11.7 Å². The van der Waals surface area contributed by atoms with Crippen molar-refractivity contribution in [3.63, 3.8) is 0 Å². The van der Waals surface area contributed by atoms with Gasteiger partial charge in [0, 0.05) is 24.0 Å². The van der Waals surface area contributed by atoms with Crippen molar-refractivity contribution in [2.45, 2.75) is 27.2 Å². The van der Waals surface area contributed by atoms with E-state index >= 15 is 0 Å². The Balaban J connectivity index is 1.65. The van der Waals surface area contributed by atoms with Crippen molar-refractivity contribution in [2.75, 3.05) is 16.3 Å². The molecule has 0 radical (unpaired) electrons. The highest BCUT2D eigenvalue weighted by molar-refractivity contribution is 7.14. The molecule has 148 valence electrons. The number of aryl methyl sites for hydroxylation is 2. The molecule has 2 heterocycles. The van der Waals surface area contributed by atoms with Crippen LogP contribution in [-0.2, 0) is 9.59 Å². The van der Waals surface area contributed by atoms with Crippen LogP contribution >= 0.6 is 11.3 Å². The van der Waals surface area contributed by atoms with Crippen LogP contribution < -0.4 is 9.80 Å². The van der Waals surface area contributed by atoms with Crippen molar-refractivity contribution in [1.82, 2.24) is 4.98 Å². The maximum atomic E-state index is 13.5. The summed E-state index contributed by atoms with van der Waals surface area (Å²) < 4.78 is 0. The van der Waals surface area contributed by atoms with Gasteiger partial charge in [-0.3, -0.25) is 14.5 Å². The fourth-order valence-corrected chi connectivity index (χ4v) is 4.50. The van der Waals surface area contributed by atoms with Gasteiger partial charge in [0.2, 0.25) is 11.8 Å². The molecule has 6 heteroatoms. The van der Waals surface area contributed by atoms with Gasteiger partial charge in [0.15, 0.2) is 5.13 Å². The third kappa shape index (κ3) is 3.68. The van der Waals surface area contributed by atoms with Gasteiger partial charge in [0.05, 0.1) is 17.3 Å². The molecule has 0 saturated carbocycles. The maximum Gasteiger partial charge on any atom is 0.238 e. The smallest absolute Gasteiger partial charge is 0.238 e. The van der Waals surface area contributed by atoms with Crippen LogP contribution in [0.25, 0.3) is 0 Å². The molecule has 1 aromatic heterocycles. The molecule has 2 amide bonds. The van der Waals surface area contributed by atoms with Gasteiger partial charge in [-0.1, -0.05) is 30.3 Å². The highest BCUT2D eigenvalue weighted by Crippen LogP contribution is 2.34. The number of aromatic nitrogens is 1. The van der Waals surface area contributed by atoms with Gasteiger partial charge >= 0.3 is 0 Å². The summed E-state index contributed by atoms with van der Waals surface area (Å²) in [6, 6.07) is 15.4. The van der Waals surface area contributed by atoms with Crippen LogP contribution in [0.1, 0.15) is 23.2 Å².